The fourth-order valence-electron chi connectivity index (χ4n) is 5.81. The first-order valence-corrected chi connectivity index (χ1v) is 9.07. The van der Waals surface area contributed by atoms with Gasteiger partial charge < -0.3 is 0 Å². The SMILES string of the molecule is C=C1C=CC2C3CC=C4C=C(S)CCC4C3CCC12CC. The largest absolute Gasteiger partial charge is 0.148 e. The highest BCUT2D eigenvalue weighted by Gasteiger charge is 2.52. The quantitative estimate of drug-likeness (QED) is 0.589. The molecule has 0 saturated heterocycles. The second-order valence-corrected chi connectivity index (χ2v) is 8.08. The van der Waals surface area contributed by atoms with Crippen LogP contribution in [0.1, 0.15) is 45.4 Å². The zero-order valence-corrected chi connectivity index (χ0v) is 13.9. The summed E-state index contributed by atoms with van der Waals surface area (Å²) in [5, 5.41) is 0. The molecule has 4 aliphatic carbocycles. The molecule has 4 aliphatic rings. The van der Waals surface area contributed by atoms with Gasteiger partial charge in [-0.1, -0.05) is 31.7 Å². The summed E-state index contributed by atoms with van der Waals surface area (Å²) in [6, 6.07) is 0. The maximum absolute atomic E-state index is 4.59. The standard InChI is InChI=1S/C20H26S/c1-3-20-11-10-17-16-8-6-15(21)12-14(16)5-7-18(17)19(20)9-4-13(20)2/h4-5,9,12,16-19,21H,2-3,6-8,10-11H2,1H3. The van der Waals surface area contributed by atoms with Gasteiger partial charge in [-0.2, -0.15) is 0 Å². The van der Waals surface area contributed by atoms with Crippen molar-refractivity contribution in [2.75, 3.05) is 0 Å². The highest BCUT2D eigenvalue weighted by atomic mass is 32.1. The Hall–Kier alpha value is -0.690. The molecule has 0 spiro atoms. The lowest BCUT2D eigenvalue weighted by molar-refractivity contribution is 0.0366. The van der Waals surface area contributed by atoms with Gasteiger partial charge >= 0.3 is 0 Å². The molecule has 0 amide bonds. The molecule has 5 unspecified atom stereocenters. The van der Waals surface area contributed by atoms with Crippen molar-refractivity contribution in [3.63, 3.8) is 0 Å². The Morgan fingerprint density at radius 3 is 3.00 bits per heavy atom. The van der Waals surface area contributed by atoms with Gasteiger partial charge in [0.15, 0.2) is 0 Å². The zero-order chi connectivity index (χ0) is 14.6. The summed E-state index contributed by atoms with van der Waals surface area (Å²) in [6.07, 6.45) is 17.5. The maximum atomic E-state index is 4.59. The Bertz CT molecular complexity index is 564. The molecule has 0 aliphatic heterocycles. The van der Waals surface area contributed by atoms with Crippen LogP contribution in [0.5, 0.6) is 0 Å². The summed E-state index contributed by atoms with van der Waals surface area (Å²) in [5.74, 6) is 3.28. The summed E-state index contributed by atoms with van der Waals surface area (Å²) in [6.45, 7) is 6.76. The fourth-order valence-corrected chi connectivity index (χ4v) is 6.09. The van der Waals surface area contributed by atoms with E-state index < -0.39 is 0 Å². The summed E-state index contributed by atoms with van der Waals surface area (Å²) in [7, 11) is 0. The smallest absolute Gasteiger partial charge is 0.00102 e. The highest BCUT2D eigenvalue weighted by molar-refractivity contribution is 7.84. The summed E-state index contributed by atoms with van der Waals surface area (Å²) in [4.78, 5) is 1.28. The average molecular weight is 298 g/mol. The molecule has 0 heterocycles. The lowest BCUT2D eigenvalue weighted by atomic mass is 9.52. The third-order valence-electron chi connectivity index (χ3n) is 6.96. The van der Waals surface area contributed by atoms with Gasteiger partial charge in [-0.3, -0.25) is 0 Å². The maximum Gasteiger partial charge on any atom is 0.00102 e. The first kappa shape index (κ1) is 13.9. The first-order valence-electron chi connectivity index (χ1n) is 8.63. The topological polar surface area (TPSA) is 0 Å². The molecule has 0 nitrogen and oxygen atoms in total. The van der Waals surface area contributed by atoms with E-state index in [1.165, 1.54) is 49.0 Å². The third kappa shape index (κ3) is 1.89. The molecular formula is C20H26S. The van der Waals surface area contributed by atoms with Crippen molar-refractivity contribution in [1.29, 1.82) is 0 Å². The molecule has 0 aromatic rings. The summed E-state index contributed by atoms with van der Waals surface area (Å²) in [5.41, 5.74) is 3.40. The molecule has 0 bridgehead atoms. The molecule has 21 heavy (non-hydrogen) atoms. The van der Waals surface area contributed by atoms with Crippen molar-refractivity contribution in [1.82, 2.24) is 0 Å². The van der Waals surface area contributed by atoms with Gasteiger partial charge in [-0.25, -0.2) is 0 Å². The van der Waals surface area contributed by atoms with E-state index in [1.807, 2.05) is 0 Å². The number of fused-ring (bicyclic) bond motifs is 5. The highest BCUT2D eigenvalue weighted by Crippen LogP contribution is 2.61. The number of allylic oxidation sites excluding steroid dienone is 7. The molecule has 1 saturated carbocycles. The van der Waals surface area contributed by atoms with Gasteiger partial charge in [-0.05, 0) is 84.3 Å². The van der Waals surface area contributed by atoms with Crippen LogP contribution < -0.4 is 0 Å². The lowest BCUT2D eigenvalue weighted by Crippen LogP contribution is -2.44. The van der Waals surface area contributed by atoms with E-state index in [4.69, 9.17) is 0 Å². The van der Waals surface area contributed by atoms with Gasteiger partial charge in [0.2, 0.25) is 0 Å². The van der Waals surface area contributed by atoms with E-state index >= 15 is 0 Å². The van der Waals surface area contributed by atoms with E-state index in [1.54, 1.807) is 5.57 Å². The van der Waals surface area contributed by atoms with Crippen molar-refractivity contribution >= 4 is 12.6 Å². The molecule has 112 valence electrons. The van der Waals surface area contributed by atoms with Crippen molar-refractivity contribution < 1.29 is 0 Å². The molecule has 0 radical (unpaired) electrons. The van der Waals surface area contributed by atoms with Crippen LogP contribution >= 0.6 is 12.6 Å². The van der Waals surface area contributed by atoms with Crippen LogP contribution in [0.3, 0.4) is 0 Å². The van der Waals surface area contributed by atoms with E-state index in [-0.39, 0.29) is 0 Å². The van der Waals surface area contributed by atoms with E-state index in [2.05, 4.69) is 50.4 Å². The Balaban J connectivity index is 1.69. The molecule has 1 fully saturated rings. The zero-order valence-electron chi connectivity index (χ0n) is 13.0. The Kier molecular flexibility index (Phi) is 3.26. The summed E-state index contributed by atoms with van der Waals surface area (Å²) >= 11 is 4.59. The van der Waals surface area contributed by atoms with Crippen LogP contribution in [0.25, 0.3) is 0 Å². The minimum absolute atomic E-state index is 0.395. The Morgan fingerprint density at radius 2 is 2.19 bits per heavy atom. The van der Waals surface area contributed by atoms with Gasteiger partial charge in [0.25, 0.3) is 0 Å². The molecule has 5 atom stereocenters. The Labute approximate surface area is 134 Å². The number of hydrogen-bond donors (Lipinski definition) is 1. The molecular weight excluding hydrogens is 272 g/mol. The molecule has 4 rings (SSSR count). The van der Waals surface area contributed by atoms with Gasteiger partial charge in [0.05, 0.1) is 0 Å². The third-order valence-corrected chi connectivity index (χ3v) is 7.32. The summed E-state index contributed by atoms with van der Waals surface area (Å²) < 4.78 is 0. The van der Waals surface area contributed by atoms with Crippen molar-refractivity contribution in [3.05, 3.63) is 46.9 Å². The second kappa shape index (κ2) is 4.91. The lowest BCUT2D eigenvalue weighted by Gasteiger charge is -2.52. The average Bonchev–Trinajstić information content (AvgIpc) is 2.84. The molecule has 0 aromatic carbocycles. The van der Waals surface area contributed by atoms with Crippen LogP contribution in [0.15, 0.2) is 46.9 Å². The Morgan fingerprint density at radius 1 is 1.33 bits per heavy atom. The minimum atomic E-state index is 0.395. The normalized spacial score (nSPS) is 44.6. The van der Waals surface area contributed by atoms with Crippen LogP contribution in [-0.2, 0) is 0 Å². The van der Waals surface area contributed by atoms with Crippen molar-refractivity contribution in [2.24, 2.45) is 29.1 Å². The second-order valence-electron chi connectivity index (χ2n) is 7.51. The van der Waals surface area contributed by atoms with Crippen LogP contribution in [0.4, 0.5) is 0 Å². The van der Waals surface area contributed by atoms with E-state index in [0.29, 0.717) is 5.41 Å². The van der Waals surface area contributed by atoms with Crippen LogP contribution in [-0.4, -0.2) is 0 Å². The van der Waals surface area contributed by atoms with Crippen molar-refractivity contribution in [3.8, 4) is 0 Å². The molecule has 0 N–H and O–H groups in total. The predicted octanol–water partition coefficient (Wildman–Crippen LogP) is 5.71. The molecule has 0 aromatic heterocycles. The van der Waals surface area contributed by atoms with Gasteiger partial charge in [0, 0.05) is 5.41 Å². The van der Waals surface area contributed by atoms with Crippen LogP contribution in [0.2, 0.25) is 0 Å². The fraction of sp³-hybridized carbons (Fsp3) is 0.600. The first-order chi connectivity index (χ1) is 10.2. The van der Waals surface area contributed by atoms with Gasteiger partial charge in [-0.15, -0.1) is 12.6 Å². The monoisotopic (exact) mass is 298 g/mol. The van der Waals surface area contributed by atoms with Crippen molar-refractivity contribution in [2.45, 2.75) is 45.4 Å². The number of thiol groups is 1. The minimum Gasteiger partial charge on any atom is -0.148 e. The number of rotatable bonds is 1. The van der Waals surface area contributed by atoms with E-state index in [0.717, 1.165) is 23.7 Å². The van der Waals surface area contributed by atoms with E-state index in [9.17, 15) is 0 Å². The van der Waals surface area contributed by atoms with Gasteiger partial charge in [0.1, 0.15) is 0 Å². The predicted molar refractivity (Wildman–Crippen MR) is 93.2 cm³/mol. The molecule has 1 heteroatoms. The van der Waals surface area contributed by atoms with Crippen LogP contribution in [0, 0.1) is 29.1 Å². The number of hydrogen-bond acceptors (Lipinski definition) is 1.